The van der Waals surface area contributed by atoms with E-state index in [0.29, 0.717) is 31.5 Å². The summed E-state index contributed by atoms with van der Waals surface area (Å²) in [5.41, 5.74) is 0.577. The van der Waals surface area contributed by atoms with Gasteiger partial charge in [0.05, 0.1) is 5.75 Å². The lowest BCUT2D eigenvalue weighted by Gasteiger charge is -2.35. The molecule has 3 amide bonds. The molecule has 2 fully saturated rings. The first-order valence-corrected chi connectivity index (χ1v) is 12.4. The molecule has 0 aromatic heterocycles. The molecule has 168 valence electrons. The van der Waals surface area contributed by atoms with Gasteiger partial charge in [0.1, 0.15) is 10.7 Å². The molecule has 0 unspecified atom stereocenters. The molecule has 2 heterocycles. The van der Waals surface area contributed by atoms with Gasteiger partial charge < -0.3 is 4.90 Å². The van der Waals surface area contributed by atoms with Crippen LogP contribution in [0.1, 0.15) is 23.2 Å². The van der Waals surface area contributed by atoms with Crippen molar-refractivity contribution >= 4 is 44.5 Å². The van der Waals surface area contributed by atoms with Crippen molar-refractivity contribution in [3.05, 3.63) is 59.9 Å². The first-order chi connectivity index (χ1) is 15.3. The van der Waals surface area contributed by atoms with Crippen LogP contribution in [-0.4, -0.2) is 60.2 Å². The van der Waals surface area contributed by atoms with Crippen LogP contribution in [0.15, 0.2) is 53.4 Å². The van der Waals surface area contributed by atoms with Crippen LogP contribution in [0.3, 0.4) is 0 Å². The summed E-state index contributed by atoms with van der Waals surface area (Å²) < 4.78 is 40.9. The quantitative estimate of drug-likeness (QED) is 0.710. The minimum absolute atomic E-state index is 0.172. The van der Waals surface area contributed by atoms with Crippen LogP contribution < -0.4 is 4.72 Å². The number of rotatable bonds is 5. The zero-order chi connectivity index (χ0) is 22.9. The van der Waals surface area contributed by atoms with Crippen LogP contribution in [0.25, 0.3) is 0 Å². The van der Waals surface area contributed by atoms with Crippen molar-refractivity contribution in [2.24, 2.45) is 0 Å². The first-order valence-electron chi connectivity index (χ1n) is 9.92. The number of halogens is 1. The lowest BCUT2D eigenvalue weighted by atomic mass is 10.0. The number of thioether (sulfide) groups is 1. The average Bonchev–Trinajstić information content (AvgIpc) is 3.12. The first kappa shape index (κ1) is 22.3. The van der Waals surface area contributed by atoms with Crippen molar-refractivity contribution in [1.29, 1.82) is 0 Å². The molecule has 4 rings (SSSR count). The van der Waals surface area contributed by atoms with Crippen molar-refractivity contribution in [3.8, 4) is 0 Å². The zero-order valence-electron chi connectivity index (χ0n) is 16.9. The maximum atomic E-state index is 13.8. The Morgan fingerprint density at radius 2 is 1.69 bits per heavy atom. The predicted molar refractivity (Wildman–Crippen MR) is 117 cm³/mol. The summed E-state index contributed by atoms with van der Waals surface area (Å²) in [5.74, 6) is -1.09. The van der Waals surface area contributed by atoms with Crippen LogP contribution in [-0.2, 0) is 14.8 Å². The second-order valence-electron chi connectivity index (χ2n) is 7.45. The van der Waals surface area contributed by atoms with Gasteiger partial charge in [0.15, 0.2) is 0 Å². The molecule has 1 N–H and O–H groups in total. The number of hydrogen-bond donors (Lipinski definition) is 1. The number of piperidine rings is 1. The largest absolute Gasteiger partial charge is 0.338 e. The summed E-state index contributed by atoms with van der Waals surface area (Å²) in [7, 11) is -4.10. The van der Waals surface area contributed by atoms with Gasteiger partial charge in [-0.05, 0) is 49.2 Å². The number of hydrogen-bond acceptors (Lipinski definition) is 6. The zero-order valence-corrected chi connectivity index (χ0v) is 18.5. The Morgan fingerprint density at radius 3 is 2.28 bits per heavy atom. The average molecular weight is 478 g/mol. The number of imide groups is 1. The SMILES string of the molecule is O=C(c1ccc(NS(=O)(=O)c2ccccc2F)cc1)N1CCC(N2C(=O)CSC2=O)CC1. The lowest BCUT2D eigenvalue weighted by molar-refractivity contribution is -0.126. The molecule has 32 heavy (non-hydrogen) atoms. The molecule has 2 saturated heterocycles. The highest BCUT2D eigenvalue weighted by Crippen LogP contribution is 2.27. The fourth-order valence-corrected chi connectivity index (χ4v) is 5.70. The second-order valence-corrected chi connectivity index (χ2v) is 10.0. The van der Waals surface area contributed by atoms with Gasteiger partial charge in [-0.25, -0.2) is 12.8 Å². The molecule has 8 nitrogen and oxygen atoms in total. The van der Waals surface area contributed by atoms with E-state index in [9.17, 15) is 27.2 Å². The van der Waals surface area contributed by atoms with E-state index in [2.05, 4.69) is 4.72 Å². The number of carbonyl (C=O) groups is 3. The third kappa shape index (κ3) is 4.49. The highest BCUT2D eigenvalue weighted by molar-refractivity contribution is 8.14. The van der Waals surface area contributed by atoms with E-state index in [4.69, 9.17) is 0 Å². The third-order valence-corrected chi connectivity index (χ3v) is 7.66. The molecule has 0 saturated carbocycles. The molecule has 2 aliphatic heterocycles. The molecule has 2 aromatic carbocycles. The fraction of sp³-hybridized carbons (Fsp3) is 0.286. The normalized spacial score (nSPS) is 17.7. The van der Waals surface area contributed by atoms with E-state index in [0.717, 1.165) is 17.8 Å². The van der Waals surface area contributed by atoms with Crippen molar-refractivity contribution in [2.45, 2.75) is 23.8 Å². The van der Waals surface area contributed by atoms with Gasteiger partial charge in [-0.1, -0.05) is 23.9 Å². The Hall–Kier alpha value is -2.92. The molecule has 0 spiro atoms. The van der Waals surface area contributed by atoms with Gasteiger partial charge in [-0.3, -0.25) is 24.0 Å². The van der Waals surface area contributed by atoms with Crippen LogP contribution in [0.2, 0.25) is 0 Å². The van der Waals surface area contributed by atoms with Gasteiger partial charge >= 0.3 is 0 Å². The summed E-state index contributed by atoms with van der Waals surface area (Å²) in [6, 6.07) is 10.7. The Morgan fingerprint density at radius 1 is 1.03 bits per heavy atom. The number of carbonyl (C=O) groups excluding carboxylic acids is 3. The number of amides is 3. The van der Waals surface area contributed by atoms with Gasteiger partial charge in [-0.15, -0.1) is 0 Å². The fourth-order valence-electron chi connectivity index (χ4n) is 3.78. The number of sulfonamides is 1. The minimum Gasteiger partial charge on any atom is -0.338 e. The van der Waals surface area contributed by atoms with E-state index in [1.807, 2.05) is 0 Å². The topological polar surface area (TPSA) is 104 Å². The van der Waals surface area contributed by atoms with E-state index in [1.165, 1.54) is 47.4 Å². The lowest BCUT2D eigenvalue weighted by Crippen LogP contribution is -2.48. The van der Waals surface area contributed by atoms with Crippen LogP contribution in [0, 0.1) is 5.82 Å². The molecular weight excluding hydrogens is 457 g/mol. The number of nitrogens with one attached hydrogen (secondary N) is 1. The number of anilines is 1. The van der Waals surface area contributed by atoms with Crippen molar-refractivity contribution in [2.75, 3.05) is 23.6 Å². The highest BCUT2D eigenvalue weighted by Gasteiger charge is 2.38. The molecule has 2 aliphatic rings. The van der Waals surface area contributed by atoms with Crippen LogP contribution in [0.4, 0.5) is 14.9 Å². The molecule has 0 bridgehead atoms. The Labute approximate surface area is 188 Å². The Bertz CT molecular complexity index is 1150. The van der Waals surface area contributed by atoms with Gasteiger partial charge in [0.2, 0.25) is 5.91 Å². The summed E-state index contributed by atoms with van der Waals surface area (Å²) >= 11 is 1.00. The molecule has 0 atom stereocenters. The maximum absolute atomic E-state index is 13.8. The summed E-state index contributed by atoms with van der Waals surface area (Å²) in [5, 5.41) is -0.229. The molecule has 0 aliphatic carbocycles. The highest BCUT2D eigenvalue weighted by atomic mass is 32.2. The van der Waals surface area contributed by atoms with Crippen LogP contribution >= 0.6 is 11.8 Å². The standard InChI is InChI=1S/C21H20FN3O5S2/c22-17-3-1-2-4-18(17)32(29,30)23-15-7-5-14(6-8-15)20(27)24-11-9-16(10-12-24)25-19(26)13-31-21(25)28/h1-8,16,23H,9-13H2. The van der Waals surface area contributed by atoms with Crippen molar-refractivity contribution in [1.82, 2.24) is 9.80 Å². The van der Waals surface area contributed by atoms with E-state index in [-0.39, 0.29) is 34.5 Å². The summed E-state index contributed by atoms with van der Waals surface area (Å²) in [6.45, 7) is 0.819. The molecular formula is C21H20FN3O5S2. The maximum Gasteiger partial charge on any atom is 0.289 e. The van der Waals surface area contributed by atoms with Crippen LogP contribution in [0.5, 0.6) is 0 Å². The summed E-state index contributed by atoms with van der Waals surface area (Å²) in [4.78, 5) is 39.1. The van der Waals surface area contributed by atoms with E-state index < -0.39 is 20.7 Å². The molecule has 0 radical (unpaired) electrons. The molecule has 11 heteroatoms. The van der Waals surface area contributed by atoms with Gasteiger partial charge in [0, 0.05) is 30.4 Å². The number of likely N-dealkylation sites (tertiary alicyclic amines) is 1. The second kappa shape index (κ2) is 8.91. The van der Waals surface area contributed by atoms with E-state index >= 15 is 0 Å². The minimum atomic E-state index is -4.10. The molecule has 2 aromatic rings. The van der Waals surface area contributed by atoms with Crippen molar-refractivity contribution < 1.29 is 27.2 Å². The van der Waals surface area contributed by atoms with Gasteiger partial charge in [0.25, 0.3) is 21.2 Å². The Balaban J connectivity index is 1.38. The van der Waals surface area contributed by atoms with Crippen molar-refractivity contribution in [3.63, 3.8) is 0 Å². The Kier molecular flexibility index (Phi) is 6.20. The van der Waals surface area contributed by atoms with Gasteiger partial charge in [-0.2, -0.15) is 0 Å². The smallest absolute Gasteiger partial charge is 0.289 e. The monoisotopic (exact) mass is 477 g/mol. The van der Waals surface area contributed by atoms with E-state index in [1.54, 1.807) is 4.90 Å². The number of nitrogens with zero attached hydrogens (tertiary/aromatic N) is 2. The summed E-state index contributed by atoms with van der Waals surface area (Å²) in [6.07, 6.45) is 1.04. The number of benzene rings is 2. The predicted octanol–water partition coefficient (Wildman–Crippen LogP) is 2.93. The third-order valence-electron chi connectivity index (χ3n) is 5.41.